The van der Waals surface area contributed by atoms with Gasteiger partial charge in [0.25, 0.3) is 5.91 Å². The molecule has 3 rings (SSSR count). The maximum atomic E-state index is 12.3. The highest BCUT2D eigenvalue weighted by Gasteiger charge is 2.08. The van der Waals surface area contributed by atoms with E-state index < -0.39 is 0 Å². The largest absolute Gasteiger partial charge is 0.496 e. The van der Waals surface area contributed by atoms with Crippen LogP contribution in [0.5, 0.6) is 11.5 Å². The van der Waals surface area contributed by atoms with Crippen molar-refractivity contribution in [2.24, 2.45) is 5.10 Å². The summed E-state index contributed by atoms with van der Waals surface area (Å²) in [4.78, 5) is 12.3. The minimum atomic E-state index is -0.327. The van der Waals surface area contributed by atoms with E-state index in [2.05, 4.69) is 49.0 Å². The Hall–Kier alpha value is -1.81. The number of amides is 1. The Morgan fingerprint density at radius 1 is 1.10 bits per heavy atom. The number of carbonyl (C=O) groups is 1. The van der Waals surface area contributed by atoms with Crippen LogP contribution in [-0.4, -0.2) is 19.2 Å². The van der Waals surface area contributed by atoms with Gasteiger partial charge in [0.2, 0.25) is 0 Å². The van der Waals surface area contributed by atoms with E-state index in [1.54, 1.807) is 37.6 Å². The summed E-state index contributed by atoms with van der Waals surface area (Å²) < 4.78 is 12.7. The lowest BCUT2D eigenvalue weighted by Gasteiger charge is -2.09. The van der Waals surface area contributed by atoms with Crippen LogP contribution in [0.1, 0.15) is 21.5 Å². The second kappa shape index (κ2) is 11.2. The Labute approximate surface area is 212 Å². The molecule has 0 spiro atoms. The van der Waals surface area contributed by atoms with Crippen molar-refractivity contribution in [1.82, 2.24) is 5.43 Å². The molecule has 160 valence electrons. The van der Waals surface area contributed by atoms with Crippen LogP contribution < -0.4 is 14.9 Å². The fraction of sp³-hybridized carbons (Fsp3) is 0.0909. The number of rotatable bonds is 7. The Kier molecular flexibility index (Phi) is 8.59. The molecule has 5 nitrogen and oxygen atoms in total. The molecule has 0 radical (unpaired) electrons. The minimum Gasteiger partial charge on any atom is -0.496 e. The molecule has 1 N–H and O–H groups in total. The number of benzene rings is 3. The first-order valence-corrected chi connectivity index (χ1v) is 11.5. The van der Waals surface area contributed by atoms with Crippen molar-refractivity contribution in [3.8, 4) is 11.5 Å². The predicted molar refractivity (Wildman–Crippen MR) is 136 cm³/mol. The summed E-state index contributed by atoms with van der Waals surface area (Å²) in [6.45, 7) is 0.346. The standard InChI is InChI=1S/C22H16BrCl2IN2O3/c1-30-21-10-15(4-6-19(21)26)22(29)28-27-11-13-3-7-20(16(23)8-13)31-12-14-2-5-17(24)18(25)9-14/h2-11H,12H2,1H3,(H,28,29)/b27-11-. The van der Waals surface area contributed by atoms with Crippen LogP contribution >= 0.6 is 61.7 Å². The lowest BCUT2D eigenvalue weighted by molar-refractivity contribution is 0.0954. The maximum absolute atomic E-state index is 12.3. The number of nitrogens with zero attached hydrogens (tertiary/aromatic N) is 1. The zero-order valence-corrected chi connectivity index (χ0v) is 21.4. The molecule has 9 heteroatoms. The maximum Gasteiger partial charge on any atom is 0.271 e. The molecule has 0 aliphatic carbocycles. The first-order valence-electron chi connectivity index (χ1n) is 8.90. The van der Waals surface area contributed by atoms with Gasteiger partial charge in [0.05, 0.1) is 31.4 Å². The highest BCUT2D eigenvalue weighted by atomic mass is 127. The first-order chi connectivity index (χ1) is 14.9. The van der Waals surface area contributed by atoms with E-state index in [4.69, 9.17) is 32.7 Å². The molecule has 1 amide bonds. The summed E-state index contributed by atoms with van der Waals surface area (Å²) in [5.74, 6) is 0.974. The second-order valence-electron chi connectivity index (χ2n) is 6.28. The average molecular weight is 634 g/mol. The quantitative estimate of drug-likeness (QED) is 0.179. The van der Waals surface area contributed by atoms with Gasteiger partial charge >= 0.3 is 0 Å². The van der Waals surface area contributed by atoms with Crippen LogP contribution in [0.3, 0.4) is 0 Å². The highest BCUT2D eigenvalue weighted by molar-refractivity contribution is 14.1. The molecule has 0 aromatic heterocycles. The number of ether oxygens (including phenoxy) is 2. The summed E-state index contributed by atoms with van der Waals surface area (Å²) in [7, 11) is 1.56. The molecular weight excluding hydrogens is 618 g/mol. The number of hydrogen-bond donors (Lipinski definition) is 1. The Morgan fingerprint density at radius 2 is 1.90 bits per heavy atom. The van der Waals surface area contributed by atoms with Crippen molar-refractivity contribution in [2.45, 2.75) is 6.61 Å². The van der Waals surface area contributed by atoms with E-state index in [0.29, 0.717) is 33.7 Å². The molecule has 0 heterocycles. The molecule has 0 aliphatic heterocycles. The fourth-order valence-electron chi connectivity index (χ4n) is 2.54. The van der Waals surface area contributed by atoms with Gasteiger partial charge in [-0.15, -0.1) is 0 Å². The van der Waals surface area contributed by atoms with Gasteiger partial charge in [0.15, 0.2) is 0 Å². The smallest absolute Gasteiger partial charge is 0.271 e. The molecular formula is C22H16BrCl2IN2O3. The van der Waals surface area contributed by atoms with Crippen LogP contribution in [0.2, 0.25) is 10.0 Å². The molecule has 3 aromatic rings. The van der Waals surface area contributed by atoms with Crippen LogP contribution in [0.4, 0.5) is 0 Å². The lowest BCUT2D eigenvalue weighted by atomic mass is 10.2. The van der Waals surface area contributed by atoms with Crippen molar-refractivity contribution >= 4 is 73.8 Å². The van der Waals surface area contributed by atoms with Crippen LogP contribution in [0, 0.1) is 3.57 Å². The molecule has 0 aliphatic rings. The number of hydrogen-bond acceptors (Lipinski definition) is 4. The summed E-state index contributed by atoms with van der Waals surface area (Å²) in [6.07, 6.45) is 1.55. The average Bonchev–Trinajstić information content (AvgIpc) is 2.75. The Balaban J connectivity index is 1.59. The van der Waals surface area contributed by atoms with E-state index in [9.17, 15) is 4.79 Å². The van der Waals surface area contributed by atoms with Gasteiger partial charge in [-0.3, -0.25) is 4.79 Å². The normalized spacial score (nSPS) is 10.9. The summed E-state index contributed by atoms with van der Waals surface area (Å²) in [5.41, 5.74) is 4.66. The van der Waals surface area contributed by atoms with Gasteiger partial charge in [-0.05, 0) is 98.2 Å². The van der Waals surface area contributed by atoms with Crippen molar-refractivity contribution in [2.75, 3.05) is 7.11 Å². The number of carbonyl (C=O) groups excluding carboxylic acids is 1. The topological polar surface area (TPSA) is 59.9 Å². The zero-order chi connectivity index (χ0) is 22.4. The van der Waals surface area contributed by atoms with Gasteiger partial charge in [-0.2, -0.15) is 5.10 Å². The van der Waals surface area contributed by atoms with Crippen LogP contribution in [0.15, 0.2) is 64.2 Å². The molecule has 0 atom stereocenters. The van der Waals surface area contributed by atoms with E-state index in [0.717, 1.165) is 19.2 Å². The number of methoxy groups -OCH3 is 1. The summed E-state index contributed by atoms with van der Waals surface area (Å²) in [6, 6.07) is 16.0. The Bertz CT molecular complexity index is 1140. The van der Waals surface area contributed by atoms with Crippen molar-refractivity contribution < 1.29 is 14.3 Å². The Morgan fingerprint density at radius 3 is 2.61 bits per heavy atom. The van der Waals surface area contributed by atoms with Gasteiger partial charge < -0.3 is 9.47 Å². The van der Waals surface area contributed by atoms with Crippen LogP contribution in [-0.2, 0) is 6.61 Å². The molecule has 31 heavy (non-hydrogen) atoms. The minimum absolute atomic E-state index is 0.327. The molecule has 0 saturated heterocycles. The third-order valence-electron chi connectivity index (χ3n) is 4.13. The highest BCUT2D eigenvalue weighted by Crippen LogP contribution is 2.28. The van der Waals surface area contributed by atoms with Crippen molar-refractivity contribution in [1.29, 1.82) is 0 Å². The van der Waals surface area contributed by atoms with Gasteiger partial charge in [0, 0.05) is 5.56 Å². The number of nitrogens with one attached hydrogen (secondary N) is 1. The molecule has 0 fully saturated rings. The molecule has 3 aromatic carbocycles. The van der Waals surface area contributed by atoms with E-state index in [1.165, 1.54) is 0 Å². The third kappa shape index (κ3) is 6.58. The number of halogens is 4. The number of hydrazone groups is 1. The second-order valence-corrected chi connectivity index (χ2v) is 9.11. The first kappa shape index (κ1) is 23.8. The van der Waals surface area contributed by atoms with E-state index in [1.807, 2.05) is 30.3 Å². The van der Waals surface area contributed by atoms with Crippen molar-refractivity contribution in [3.05, 3.63) is 89.4 Å². The zero-order valence-electron chi connectivity index (χ0n) is 16.2. The lowest BCUT2D eigenvalue weighted by Crippen LogP contribution is -2.17. The van der Waals surface area contributed by atoms with Crippen molar-refractivity contribution in [3.63, 3.8) is 0 Å². The third-order valence-corrected chi connectivity index (χ3v) is 6.38. The fourth-order valence-corrected chi connectivity index (χ4v) is 3.92. The molecule has 0 bridgehead atoms. The molecule has 0 saturated carbocycles. The summed E-state index contributed by atoms with van der Waals surface area (Å²) >= 11 is 17.6. The van der Waals surface area contributed by atoms with Gasteiger partial charge in [-0.25, -0.2) is 5.43 Å². The van der Waals surface area contributed by atoms with Crippen LogP contribution in [0.25, 0.3) is 0 Å². The van der Waals surface area contributed by atoms with Gasteiger partial charge in [0.1, 0.15) is 18.1 Å². The van der Waals surface area contributed by atoms with E-state index in [-0.39, 0.29) is 5.91 Å². The monoisotopic (exact) mass is 632 g/mol. The van der Waals surface area contributed by atoms with E-state index >= 15 is 0 Å². The van der Waals surface area contributed by atoms with Gasteiger partial charge in [-0.1, -0.05) is 29.3 Å². The molecule has 0 unspecified atom stereocenters. The predicted octanol–water partition coefficient (Wildman–Crippen LogP) is 6.71. The summed E-state index contributed by atoms with van der Waals surface area (Å²) in [5, 5.41) is 5.01. The SMILES string of the molecule is COc1cc(C(=O)N/N=C\c2ccc(OCc3ccc(Cl)c(Cl)c3)c(Br)c2)ccc1I.